The number of nitrogens with zero attached hydrogens (tertiary/aromatic N) is 1. The van der Waals surface area contributed by atoms with Crippen molar-refractivity contribution in [2.45, 2.75) is 20.3 Å². The van der Waals surface area contributed by atoms with Gasteiger partial charge in [-0.2, -0.15) is 5.10 Å². The van der Waals surface area contributed by atoms with Gasteiger partial charge in [-0.25, -0.2) is 5.43 Å². The Labute approximate surface area is 197 Å². The number of rotatable bonds is 10. The van der Waals surface area contributed by atoms with Crippen LogP contribution in [0.15, 0.2) is 41.5 Å². The Morgan fingerprint density at radius 3 is 2.64 bits per heavy atom. The van der Waals surface area contributed by atoms with Gasteiger partial charge in [0.1, 0.15) is 5.75 Å². The Morgan fingerprint density at radius 2 is 1.88 bits per heavy atom. The fourth-order valence-corrected chi connectivity index (χ4v) is 2.84. The van der Waals surface area contributed by atoms with Crippen molar-refractivity contribution in [1.82, 2.24) is 10.7 Å². The minimum absolute atomic E-state index is 0.244. The number of methoxy groups -OCH3 is 1. The van der Waals surface area contributed by atoms with Crippen molar-refractivity contribution in [3.05, 3.63) is 58.1 Å². The molecule has 0 aromatic heterocycles. The van der Waals surface area contributed by atoms with Gasteiger partial charge in [-0.05, 0) is 55.7 Å². The molecule has 176 valence electrons. The fraction of sp³-hybridized carbons (Fsp3) is 0.304. The van der Waals surface area contributed by atoms with Gasteiger partial charge < -0.3 is 20.1 Å². The van der Waals surface area contributed by atoms with E-state index < -0.39 is 11.8 Å². The molecule has 0 unspecified atom stereocenters. The SMILES string of the molecule is COCCCNC(=O)C(=O)N/N=C\c1cc(Cl)ccc1OCC(=O)Nc1cc(C)ccc1C. The minimum Gasteiger partial charge on any atom is -0.483 e. The lowest BCUT2D eigenvalue weighted by molar-refractivity contribution is -0.139. The summed E-state index contributed by atoms with van der Waals surface area (Å²) in [5.41, 5.74) is 5.23. The number of ether oxygens (including phenoxy) is 2. The van der Waals surface area contributed by atoms with E-state index in [9.17, 15) is 14.4 Å². The lowest BCUT2D eigenvalue weighted by Gasteiger charge is -2.12. The van der Waals surface area contributed by atoms with Crippen LogP contribution in [0.25, 0.3) is 0 Å². The number of carbonyl (C=O) groups is 3. The molecule has 0 aliphatic rings. The maximum Gasteiger partial charge on any atom is 0.329 e. The fourth-order valence-electron chi connectivity index (χ4n) is 2.66. The summed E-state index contributed by atoms with van der Waals surface area (Å²) in [4.78, 5) is 35.9. The second-order valence-corrected chi connectivity index (χ2v) is 7.58. The summed E-state index contributed by atoms with van der Waals surface area (Å²) in [7, 11) is 1.55. The molecular formula is C23H27ClN4O5. The first-order chi connectivity index (χ1) is 15.8. The topological polar surface area (TPSA) is 118 Å². The van der Waals surface area contributed by atoms with Crippen molar-refractivity contribution in [3.63, 3.8) is 0 Å². The molecule has 0 bridgehead atoms. The Morgan fingerprint density at radius 1 is 1.09 bits per heavy atom. The lowest BCUT2D eigenvalue weighted by atomic mass is 10.1. The van der Waals surface area contributed by atoms with Crippen molar-refractivity contribution in [3.8, 4) is 5.75 Å². The van der Waals surface area contributed by atoms with Crippen molar-refractivity contribution >= 4 is 41.2 Å². The number of nitrogens with one attached hydrogen (secondary N) is 3. The van der Waals surface area contributed by atoms with E-state index in [0.29, 0.717) is 41.6 Å². The van der Waals surface area contributed by atoms with Crippen LogP contribution in [0, 0.1) is 13.8 Å². The minimum atomic E-state index is -0.916. The maximum absolute atomic E-state index is 12.3. The predicted molar refractivity (Wildman–Crippen MR) is 127 cm³/mol. The molecule has 0 fully saturated rings. The number of anilines is 1. The summed E-state index contributed by atoms with van der Waals surface area (Å²) < 4.78 is 10.5. The van der Waals surface area contributed by atoms with E-state index in [1.807, 2.05) is 32.0 Å². The number of benzene rings is 2. The van der Waals surface area contributed by atoms with Gasteiger partial charge >= 0.3 is 11.8 Å². The Hall–Kier alpha value is -3.43. The van der Waals surface area contributed by atoms with E-state index >= 15 is 0 Å². The number of hydrazone groups is 1. The molecule has 0 aliphatic carbocycles. The lowest BCUT2D eigenvalue weighted by Crippen LogP contribution is -2.38. The molecule has 0 heterocycles. The standard InChI is InChI=1S/C23H27ClN4O5/c1-15-5-6-16(2)19(11-15)27-21(29)14-33-20-8-7-18(24)12-17(20)13-26-28-23(31)22(30)25-9-4-10-32-3/h5-8,11-13H,4,9-10,14H2,1-3H3,(H,25,30)(H,27,29)(H,28,31)/b26-13-. The quantitative estimate of drug-likeness (QED) is 0.212. The summed E-state index contributed by atoms with van der Waals surface area (Å²) >= 11 is 6.04. The van der Waals surface area contributed by atoms with Gasteiger partial charge in [0.05, 0.1) is 6.21 Å². The highest BCUT2D eigenvalue weighted by Crippen LogP contribution is 2.22. The van der Waals surface area contributed by atoms with Crippen LogP contribution in [-0.2, 0) is 19.1 Å². The van der Waals surface area contributed by atoms with E-state index in [0.717, 1.165) is 11.1 Å². The molecule has 0 atom stereocenters. The molecule has 0 saturated heterocycles. The van der Waals surface area contributed by atoms with E-state index in [-0.39, 0.29) is 12.5 Å². The second kappa shape index (κ2) is 13.2. The van der Waals surface area contributed by atoms with Crippen LogP contribution in [0.2, 0.25) is 5.02 Å². The Balaban J connectivity index is 1.93. The average molecular weight is 475 g/mol. The third-order valence-electron chi connectivity index (χ3n) is 4.38. The van der Waals surface area contributed by atoms with Gasteiger partial charge in [0, 0.05) is 36.5 Å². The molecule has 2 aromatic rings. The highest BCUT2D eigenvalue weighted by atomic mass is 35.5. The van der Waals surface area contributed by atoms with Gasteiger partial charge in [0.2, 0.25) is 0 Å². The molecule has 0 spiro atoms. The molecule has 3 amide bonds. The zero-order valence-electron chi connectivity index (χ0n) is 18.7. The number of hydrogen-bond donors (Lipinski definition) is 3. The zero-order chi connectivity index (χ0) is 24.2. The average Bonchev–Trinajstić information content (AvgIpc) is 2.78. The van der Waals surface area contributed by atoms with Crippen molar-refractivity contribution in [2.75, 3.05) is 32.2 Å². The molecule has 2 aromatic carbocycles. The van der Waals surface area contributed by atoms with Crippen LogP contribution in [-0.4, -0.2) is 50.8 Å². The molecular weight excluding hydrogens is 448 g/mol. The highest BCUT2D eigenvalue weighted by Gasteiger charge is 2.12. The first-order valence-corrected chi connectivity index (χ1v) is 10.6. The van der Waals surface area contributed by atoms with Gasteiger partial charge in [-0.15, -0.1) is 0 Å². The van der Waals surface area contributed by atoms with Gasteiger partial charge in [0.25, 0.3) is 5.91 Å². The number of hydrogen-bond acceptors (Lipinski definition) is 6. The zero-order valence-corrected chi connectivity index (χ0v) is 19.5. The van der Waals surface area contributed by atoms with E-state index in [1.165, 1.54) is 6.21 Å². The summed E-state index contributed by atoms with van der Waals surface area (Å²) in [6.45, 7) is 4.37. The third-order valence-corrected chi connectivity index (χ3v) is 4.62. The predicted octanol–water partition coefficient (Wildman–Crippen LogP) is 2.58. The molecule has 0 saturated carbocycles. The highest BCUT2D eigenvalue weighted by molar-refractivity contribution is 6.35. The molecule has 3 N–H and O–H groups in total. The van der Waals surface area contributed by atoms with Crippen molar-refractivity contribution in [2.24, 2.45) is 5.10 Å². The van der Waals surface area contributed by atoms with Gasteiger partial charge in [-0.1, -0.05) is 23.7 Å². The second-order valence-electron chi connectivity index (χ2n) is 7.14. The molecule has 0 aliphatic heterocycles. The monoisotopic (exact) mass is 474 g/mol. The first kappa shape index (κ1) is 25.8. The summed E-state index contributed by atoms with van der Waals surface area (Å²) in [6, 6.07) is 10.5. The number of amides is 3. The number of aryl methyl sites for hydroxylation is 2. The van der Waals surface area contributed by atoms with Gasteiger partial charge in [0.15, 0.2) is 6.61 Å². The van der Waals surface area contributed by atoms with Crippen LogP contribution < -0.4 is 20.8 Å². The van der Waals surface area contributed by atoms with Crippen LogP contribution in [0.5, 0.6) is 5.75 Å². The van der Waals surface area contributed by atoms with Crippen LogP contribution in [0.4, 0.5) is 5.69 Å². The molecule has 2 rings (SSSR count). The molecule has 33 heavy (non-hydrogen) atoms. The van der Waals surface area contributed by atoms with E-state index in [1.54, 1.807) is 25.3 Å². The molecule has 10 heteroatoms. The molecule has 0 radical (unpaired) electrons. The normalized spacial score (nSPS) is 10.7. The van der Waals surface area contributed by atoms with Crippen molar-refractivity contribution in [1.29, 1.82) is 0 Å². The Kier molecular flexibility index (Phi) is 10.3. The van der Waals surface area contributed by atoms with E-state index in [2.05, 4.69) is 21.2 Å². The first-order valence-electron chi connectivity index (χ1n) is 10.2. The molecule has 9 nitrogen and oxygen atoms in total. The smallest absolute Gasteiger partial charge is 0.329 e. The maximum atomic E-state index is 12.3. The summed E-state index contributed by atoms with van der Waals surface area (Å²) in [5, 5.41) is 9.45. The van der Waals surface area contributed by atoms with E-state index in [4.69, 9.17) is 21.1 Å². The summed E-state index contributed by atoms with van der Waals surface area (Å²) in [6.07, 6.45) is 1.86. The van der Waals surface area contributed by atoms with Crippen molar-refractivity contribution < 1.29 is 23.9 Å². The Bertz CT molecular complexity index is 1030. The van der Waals surface area contributed by atoms with Crippen LogP contribution in [0.3, 0.4) is 0 Å². The number of halogens is 1. The number of carbonyl (C=O) groups excluding carboxylic acids is 3. The van der Waals surface area contributed by atoms with Crippen LogP contribution >= 0.6 is 11.6 Å². The van der Waals surface area contributed by atoms with Gasteiger partial charge in [-0.3, -0.25) is 14.4 Å². The summed E-state index contributed by atoms with van der Waals surface area (Å²) in [5.74, 6) is -1.73. The van der Waals surface area contributed by atoms with Crippen LogP contribution in [0.1, 0.15) is 23.1 Å². The largest absolute Gasteiger partial charge is 0.483 e. The third kappa shape index (κ3) is 8.91.